The minimum absolute atomic E-state index is 0.0829. The molecule has 1 aliphatic heterocycles. The number of alkyl halides is 2. The smallest absolute Gasteiger partial charge is 0.266 e. The molecule has 1 N–H and O–H groups in total. The standard InChI is InChI=1S/C13H18Cl2N2O4S2/c1-16(23(20,21)13(14)15)11-2-3-12(18)10(8-11)9-17-4-6-22(19)7-5-17/h2-3,8,13,18H,4-7,9H2,1H3. The summed E-state index contributed by atoms with van der Waals surface area (Å²) in [6, 6.07) is 4.52. The highest BCUT2D eigenvalue weighted by Crippen LogP contribution is 2.28. The van der Waals surface area contributed by atoms with Crippen LogP contribution in [0.2, 0.25) is 0 Å². The Kier molecular flexibility index (Phi) is 6.18. The van der Waals surface area contributed by atoms with Crippen molar-refractivity contribution in [2.75, 3.05) is 35.9 Å². The Labute approximate surface area is 148 Å². The number of hydrogen-bond donors (Lipinski definition) is 1. The lowest BCUT2D eigenvalue weighted by Crippen LogP contribution is -2.37. The minimum Gasteiger partial charge on any atom is -0.508 e. The maximum absolute atomic E-state index is 12.0. The third-order valence-corrected chi connectivity index (χ3v) is 7.75. The molecule has 1 fully saturated rings. The summed E-state index contributed by atoms with van der Waals surface area (Å²) in [4.78, 5) is 2.07. The third-order valence-electron chi connectivity index (χ3n) is 3.70. The Bertz CT molecular complexity index is 687. The highest BCUT2D eigenvalue weighted by molar-refractivity contribution is 7.95. The van der Waals surface area contributed by atoms with Crippen molar-refractivity contribution in [2.24, 2.45) is 0 Å². The molecule has 1 heterocycles. The zero-order chi connectivity index (χ0) is 17.2. The van der Waals surface area contributed by atoms with E-state index in [1.54, 1.807) is 6.07 Å². The maximum Gasteiger partial charge on any atom is 0.266 e. The Morgan fingerprint density at radius 2 is 1.96 bits per heavy atom. The van der Waals surface area contributed by atoms with E-state index in [2.05, 4.69) is 4.90 Å². The van der Waals surface area contributed by atoms with Crippen molar-refractivity contribution in [3.05, 3.63) is 23.8 Å². The summed E-state index contributed by atoms with van der Waals surface area (Å²) in [5.41, 5.74) is 0.961. The number of anilines is 1. The molecular weight excluding hydrogens is 383 g/mol. The number of rotatable bonds is 5. The Morgan fingerprint density at radius 3 is 2.52 bits per heavy atom. The van der Waals surface area contributed by atoms with Gasteiger partial charge in [0, 0.05) is 54.6 Å². The molecule has 1 aliphatic rings. The first-order chi connectivity index (χ1) is 10.7. The first-order valence-electron chi connectivity index (χ1n) is 6.87. The van der Waals surface area contributed by atoms with Crippen molar-refractivity contribution in [3.63, 3.8) is 0 Å². The van der Waals surface area contributed by atoms with E-state index < -0.39 is 25.0 Å². The fourth-order valence-electron chi connectivity index (χ4n) is 2.24. The van der Waals surface area contributed by atoms with Crippen LogP contribution in [0.25, 0.3) is 0 Å². The number of hydrogen-bond acceptors (Lipinski definition) is 5. The molecule has 0 bridgehead atoms. The van der Waals surface area contributed by atoms with Gasteiger partial charge in [0.15, 0.2) is 0 Å². The van der Waals surface area contributed by atoms with E-state index in [0.29, 0.717) is 42.4 Å². The molecular formula is C13H18Cl2N2O4S2. The van der Waals surface area contributed by atoms with Gasteiger partial charge >= 0.3 is 0 Å². The van der Waals surface area contributed by atoms with Crippen LogP contribution in [-0.4, -0.2) is 58.4 Å². The number of phenolic OH excluding ortho intramolecular Hbond substituents is 1. The van der Waals surface area contributed by atoms with Gasteiger partial charge < -0.3 is 5.11 Å². The van der Waals surface area contributed by atoms with Crippen molar-refractivity contribution in [2.45, 2.75) is 10.7 Å². The molecule has 0 unspecified atom stereocenters. The van der Waals surface area contributed by atoms with Gasteiger partial charge in [-0.1, -0.05) is 23.2 Å². The van der Waals surface area contributed by atoms with Crippen LogP contribution in [0.3, 0.4) is 0 Å². The second-order valence-electron chi connectivity index (χ2n) is 5.21. The lowest BCUT2D eigenvalue weighted by molar-refractivity contribution is 0.287. The molecule has 1 aromatic carbocycles. The van der Waals surface area contributed by atoms with Gasteiger partial charge in [0.25, 0.3) is 10.0 Å². The maximum atomic E-state index is 12.0. The topological polar surface area (TPSA) is 77.9 Å². The molecule has 130 valence electrons. The highest BCUT2D eigenvalue weighted by Gasteiger charge is 2.27. The van der Waals surface area contributed by atoms with E-state index in [-0.39, 0.29) is 5.75 Å². The van der Waals surface area contributed by atoms with Gasteiger partial charge in [0.05, 0.1) is 5.69 Å². The van der Waals surface area contributed by atoms with Crippen LogP contribution in [0.1, 0.15) is 5.56 Å². The van der Waals surface area contributed by atoms with E-state index in [4.69, 9.17) is 23.2 Å². The average Bonchev–Trinajstić information content (AvgIpc) is 2.50. The van der Waals surface area contributed by atoms with E-state index in [0.717, 1.165) is 4.31 Å². The molecule has 1 saturated heterocycles. The van der Waals surface area contributed by atoms with Crippen LogP contribution in [-0.2, 0) is 27.4 Å². The normalized spacial score (nSPS) is 17.6. The van der Waals surface area contributed by atoms with Crippen LogP contribution in [0.5, 0.6) is 5.75 Å². The van der Waals surface area contributed by atoms with Crippen molar-refractivity contribution in [1.29, 1.82) is 0 Å². The fourth-order valence-corrected chi connectivity index (χ4v) is 4.73. The molecule has 6 nitrogen and oxygen atoms in total. The number of halogens is 2. The predicted molar refractivity (Wildman–Crippen MR) is 94.1 cm³/mol. The monoisotopic (exact) mass is 400 g/mol. The zero-order valence-corrected chi connectivity index (χ0v) is 15.6. The molecule has 2 rings (SSSR count). The second kappa shape index (κ2) is 7.57. The quantitative estimate of drug-likeness (QED) is 0.757. The molecule has 0 atom stereocenters. The number of benzene rings is 1. The molecule has 0 spiro atoms. The molecule has 10 heteroatoms. The Hall–Kier alpha value is -0.540. The van der Waals surface area contributed by atoms with Gasteiger partial charge in [-0.05, 0) is 18.2 Å². The SMILES string of the molecule is CN(c1ccc(O)c(CN2CCS(=O)CC2)c1)S(=O)(=O)C(Cl)Cl. The second-order valence-corrected chi connectivity index (χ2v) is 10.6. The van der Waals surface area contributed by atoms with E-state index >= 15 is 0 Å². The minimum atomic E-state index is -3.87. The number of aromatic hydroxyl groups is 1. The lowest BCUT2D eigenvalue weighted by atomic mass is 10.1. The average molecular weight is 401 g/mol. The first kappa shape index (κ1) is 18.8. The van der Waals surface area contributed by atoms with Gasteiger partial charge in [-0.25, -0.2) is 8.42 Å². The summed E-state index contributed by atoms with van der Waals surface area (Å²) in [5.74, 6) is 1.30. The van der Waals surface area contributed by atoms with Crippen LogP contribution in [0.4, 0.5) is 5.69 Å². The summed E-state index contributed by atoms with van der Waals surface area (Å²) in [7, 11) is -3.29. The van der Waals surface area contributed by atoms with Crippen LogP contribution >= 0.6 is 23.2 Å². The molecule has 0 radical (unpaired) electrons. The largest absolute Gasteiger partial charge is 0.508 e. The number of nitrogens with zero attached hydrogens (tertiary/aromatic N) is 2. The number of sulfonamides is 1. The van der Waals surface area contributed by atoms with Gasteiger partial charge in [-0.15, -0.1) is 0 Å². The van der Waals surface area contributed by atoms with Gasteiger partial charge in [-0.2, -0.15) is 0 Å². The molecule has 1 aromatic rings. The van der Waals surface area contributed by atoms with Crippen molar-refractivity contribution >= 4 is 49.7 Å². The first-order valence-corrected chi connectivity index (χ1v) is 10.7. The van der Waals surface area contributed by atoms with Crippen molar-refractivity contribution < 1.29 is 17.7 Å². The van der Waals surface area contributed by atoms with Crippen molar-refractivity contribution in [3.8, 4) is 5.75 Å². The highest BCUT2D eigenvalue weighted by atomic mass is 35.5. The van der Waals surface area contributed by atoms with Crippen LogP contribution in [0.15, 0.2) is 18.2 Å². The van der Waals surface area contributed by atoms with E-state index in [1.807, 2.05) is 0 Å². The molecule has 0 saturated carbocycles. The molecule has 23 heavy (non-hydrogen) atoms. The summed E-state index contributed by atoms with van der Waals surface area (Å²) in [6.45, 7) is 1.81. The van der Waals surface area contributed by atoms with E-state index in [1.165, 1.54) is 19.2 Å². The Balaban J connectivity index is 2.20. The summed E-state index contributed by atoms with van der Waals surface area (Å²) in [6.07, 6.45) is 0. The van der Waals surface area contributed by atoms with Crippen molar-refractivity contribution in [1.82, 2.24) is 4.90 Å². The van der Waals surface area contributed by atoms with E-state index in [9.17, 15) is 17.7 Å². The number of phenols is 1. The third kappa shape index (κ3) is 4.51. The van der Waals surface area contributed by atoms with Gasteiger partial charge in [-0.3, -0.25) is 13.4 Å². The zero-order valence-electron chi connectivity index (χ0n) is 12.5. The molecule has 0 amide bonds. The summed E-state index contributed by atoms with van der Waals surface area (Å²) in [5, 5.41) is 10.0. The summed E-state index contributed by atoms with van der Waals surface area (Å²) >= 11 is 11.0. The summed E-state index contributed by atoms with van der Waals surface area (Å²) < 4.78 is 34.8. The van der Waals surface area contributed by atoms with Gasteiger partial charge in [0.1, 0.15) is 5.75 Å². The molecule has 0 aromatic heterocycles. The van der Waals surface area contributed by atoms with Crippen LogP contribution in [0, 0.1) is 0 Å². The van der Waals surface area contributed by atoms with Crippen LogP contribution < -0.4 is 4.31 Å². The lowest BCUT2D eigenvalue weighted by Gasteiger charge is -2.27. The predicted octanol–water partition coefficient (Wildman–Crippen LogP) is 1.48. The molecule has 0 aliphatic carbocycles. The van der Waals surface area contributed by atoms with Gasteiger partial charge in [0.2, 0.25) is 4.17 Å². The fraction of sp³-hybridized carbons (Fsp3) is 0.538. The Morgan fingerprint density at radius 1 is 1.35 bits per heavy atom.